The van der Waals surface area contributed by atoms with Crippen molar-refractivity contribution < 1.29 is 19.4 Å². The van der Waals surface area contributed by atoms with E-state index in [1.165, 1.54) is 6.08 Å². The van der Waals surface area contributed by atoms with Crippen LogP contribution in [0.2, 0.25) is 0 Å². The van der Waals surface area contributed by atoms with Crippen molar-refractivity contribution >= 4 is 11.7 Å². The minimum Gasteiger partial charge on any atom is -0.508 e. The number of amides is 1. The van der Waals surface area contributed by atoms with Crippen LogP contribution in [0.4, 0.5) is 5.82 Å². The molecule has 5 rings (SSSR count). The average molecular weight is 523 g/mol. The smallest absolute Gasteiger partial charge is 0.318 e. The van der Waals surface area contributed by atoms with E-state index in [1.54, 1.807) is 6.07 Å². The fourth-order valence-corrected chi connectivity index (χ4v) is 5.45. The van der Waals surface area contributed by atoms with E-state index in [2.05, 4.69) is 35.1 Å². The number of phenols is 1. The van der Waals surface area contributed by atoms with Crippen molar-refractivity contribution in [3.05, 3.63) is 53.2 Å². The molecule has 204 valence electrons. The van der Waals surface area contributed by atoms with E-state index in [-0.39, 0.29) is 17.7 Å². The summed E-state index contributed by atoms with van der Waals surface area (Å²) in [4.78, 5) is 30.8. The van der Waals surface area contributed by atoms with Crippen LogP contribution in [0, 0.1) is 6.92 Å². The molecule has 2 saturated heterocycles. The third kappa shape index (κ3) is 5.92. The molecule has 3 aliphatic heterocycles. The molecular weight excluding hydrogens is 484 g/mol. The van der Waals surface area contributed by atoms with Crippen molar-refractivity contribution in [1.82, 2.24) is 24.7 Å². The lowest BCUT2D eigenvalue weighted by Gasteiger charge is -2.40. The highest BCUT2D eigenvalue weighted by Crippen LogP contribution is 2.34. The van der Waals surface area contributed by atoms with Gasteiger partial charge in [-0.25, -0.2) is 0 Å². The highest BCUT2D eigenvalue weighted by Gasteiger charge is 2.33. The van der Waals surface area contributed by atoms with Crippen LogP contribution in [0.5, 0.6) is 11.8 Å². The van der Waals surface area contributed by atoms with Gasteiger partial charge >= 0.3 is 6.01 Å². The maximum absolute atomic E-state index is 12.2. The first-order valence-electron chi connectivity index (χ1n) is 13.4. The first-order chi connectivity index (χ1) is 18.4. The van der Waals surface area contributed by atoms with Crippen molar-refractivity contribution in [2.24, 2.45) is 0 Å². The fourth-order valence-electron chi connectivity index (χ4n) is 5.45. The van der Waals surface area contributed by atoms with E-state index in [9.17, 15) is 9.90 Å². The standard InChI is InChI=1S/C28H38N6O4/c1-4-26(36)33-7-8-34(21(3)16-33)27-24-18-32(17-22-15-23(35)6-5-20(22)2)19-25(24)29-28(30-27)38-14-11-31-9-12-37-13-10-31/h4-6,15,21,35H,1,7-14,16-19H2,2-3H3/t21-/m0/s1. The first-order valence-corrected chi connectivity index (χ1v) is 13.4. The maximum atomic E-state index is 12.2. The number of rotatable bonds is 8. The number of hydrogen-bond donors (Lipinski definition) is 1. The predicted octanol–water partition coefficient (Wildman–Crippen LogP) is 1.94. The maximum Gasteiger partial charge on any atom is 0.318 e. The van der Waals surface area contributed by atoms with Gasteiger partial charge in [-0.2, -0.15) is 9.97 Å². The molecule has 0 saturated carbocycles. The van der Waals surface area contributed by atoms with Crippen LogP contribution in [0.25, 0.3) is 0 Å². The second-order valence-corrected chi connectivity index (χ2v) is 10.3. The van der Waals surface area contributed by atoms with Gasteiger partial charge in [-0.3, -0.25) is 14.6 Å². The predicted molar refractivity (Wildman–Crippen MR) is 144 cm³/mol. The summed E-state index contributed by atoms with van der Waals surface area (Å²) in [6.07, 6.45) is 1.38. The van der Waals surface area contributed by atoms with Gasteiger partial charge in [0, 0.05) is 70.5 Å². The number of fused-ring (bicyclic) bond motifs is 1. The zero-order valence-electron chi connectivity index (χ0n) is 22.4. The van der Waals surface area contributed by atoms with Crippen molar-refractivity contribution in [3.8, 4) is 11.8 Å². The number of phenolic OH excluding ortho intramolecular Hbond substituents is 1. The molecule has 1 atom stereocenters. The summed E-state index contributed by atoms with van der Waals surface area (Å²) in [7, 11) is 0. The van der Waals surface area contributed by atoms with E-state index in [1.807, 2.05) is 17.0 Å². The van der Waals surface area contributed by atoms with Crippen molar-refractivity contribution in [1.29, 1.82) is 0 Å². The number of benzene rings is 1. The lowest BCUT2D eigenvalue weighted by atomic mass is 10.1. The summed E-state index contributed by atoms with van der Waals surface area (Å²) >= 11 is 0. The van der Waals surface area contributed by atoms with Crippen LogP contribution in [-0.4, -0.2) is 101 Å². The van der Waals surface area contributed by atoms with Crippen molar-refractivity contribution in [2.45, 2.75) is 39.5 Å². The van der Waals surface area contributed by atoms with Gasteiger partial charge in [-0.15, -0.1) is 0 Å². The Balaban J connectivity index is 1.36. The van der Waals surface area contributed by atoms with Crippen LogP contribution in [0.1, 0.15) is 29.3 Å². The Labute approximate surface area is 224 Å². The molecule has 10 heteroatoms. The SMILES string of the molecule is C=CC(=O)N1CCN(c2nc(OCCN3CCOCC3)nc3c2CN(Cc2cc(O)ccc2C)C3)[C@@H](C)C1. The summed E-state index contributed by atoms with van der Waals surface area (Å²) < 4.78 is 11.5. The molecule has 0 radical (unpaired) electrons. The fraction of sp³-hybridized carbons (Fsp3) is 0.536. The molecule has 0 spiro atoms. The van der Waals surface area contributed by atoms with Crippen LogP contribution in [-0.2, 0) is 29.2 Å². The number of aromatic nitrogens is 2. The molecule has 10 nitrogen and oxygen atoms in total. The largest absolute Gasteiger partial charge is 0.508 e. The van der Waals surface area contributed by atoms with Gasteiger partial charge in [0.15, 0.2) is 0 Å². The summed E-state index contributed by atoms with van der Waals surface area (Å²) in [6.45, 7) is 16.5. The van der Waals surface area contributed by atoms with Crippen LogP contribution in [0.3, 0.4) is 0 Å². The molecule has 1 amide bonds. The Morgan fingerprint density at radius 2 is 2.00 bits per heavy atom. The van der Waals surface area contributed by atoms with Crippen molar-refractivity contribution in [3.63, 3.8) is 0 Å². The minimum atomic E-state index is -0.0378. The molecule has 0 bridgehead atoms. The number of aromatic hydroxyl groups is 1. The number of hydrogen-bond acceptors (Lipinski definition) is 9. The lowest BCUT2D eigenvalue weighted by molar-refractivity contribution is -0.126. The molecule has 0 aliphatic carbocycles. The molecule has 2 fully saturated rings. The van der Waals surface area contributed by atoms with E-state index in [0.717, 1.165) is 61.1 Å². The third-order valence-corrected chi connectivity index (χ3v) is 7.66. The van der Waals surface area contributed by atoms with Crippen LogP contribution >= 0.6 is 0 Å². The zero-order valence-corrected chi connectivity index (χ0v) is 22.4. The number of carbonyl (C=O) groups excluding carboxylic acids is 1. The number of ether oxygens (including phenoxy) is 2. The average Bonchev–Trinajstić information content (AvgIpc) is 3.33. The molecule has 1 N–H and O–H groups in total. The van der Waals surface area contributed by atoms with Gasteiger partial charge < -0.3 is 24.4 Å². The molecule has 0 unspecified atom stereocenters. The number of carbonyl (C=O) groups is 1. The number of aryl methyl sites for hydroxylation is 1. The Bertz CT molecular complexity index is 1170. The Morgan fingerprint density at radius 1 is 1.18 bits per heavy atom. The lowest BCUT2D eigenvalue weighted by Crippen LogP contribution is -2.54. The van der Waals surface area contributed by atoms with Gasteiger partial charge in [-0.1, -0.05) is 12.6 Å². The number of nitrogens with zero attached hydrogens (tertiary/aromatic N) is 6. The normalized spacial score (nSPS) is 20.4. The second-order valence-electron chi connectivity index (χ2n) is 10.3. The van der Waals surface area contributed by atoms with Gasteiger partial charge in [0.05, 0.1) is 18.9 Å². The van der Waals surface area contributed by atoms with Crippen molar-refractivity contribution in [2.75, 3.05) is 64.0 Å². The molecule has 38 heavy (non-hydrogen) atoms. The quantitative estimate of drug-likeness (QED) is 0.522. The van der Waals surface area contributed by atoms with Gasteiger partial charge in [0.1, 0.15) is 18.2 Å². The van der Waals surface area contributed by atoms with E-state index in [0.29, 0.717) is 51.9 Å². The molecule has 1 aromatic carbocycles. The Kier molecular flexibility index (Phi) is 8.11. The molecular formula is C28H38N6O4. The highest BCUT2D eigenvalue weighted by molar-refractivity contribution is 5.87. The molecule has 3 aliphatic rings. The summed E-state index contributed by atoms with van der Waals surface area (Å²) in [5.74, 6) is 1.13. The van der Waals surface area contributed by atoms with E-state index < -0.39 is 0 Å². The minimum absolute atomic E-state index is 0.0378. The highest BCUT2D eigenvalue weighted by atomic mass is 16.5. The van der Waals surface area contributed by atoms with E-state index in [4.69, 9.17) is 19.4 Å². The number of piperazine rings is 1. The van der Waals surface area contributed by atoms with Gasteiger partial charge in [0.2, 0.25) is 5.91 Å². The van der Waals surface area contributed by atoms with Gasteiger partial charge in [0.25, 0.3) is 0 Å². The Hall–Kier alpha value is -3.21. The third-order valence-electron chi connectivity index (χ3n) is 7.66. The second kappa shape index (κ2) is 11.7. The van der Waals surface area contributed by atoms with E-state index >= 15 is 0 Å². The van der Waals surface area contributed by atoms with Gasteiger partial charge in [-0.05, 0) is 43.2 Å². The Morgan fingerprint density at radius 3 is 2.76 bits per heavy atom. The molecule has 1 aromatic heterocycles. The van der Waals surface area contributed by atoms with Crippen LogP contribution < -0.4 is 9.64 Å². The number of anilines is 1. The number of morpholine rings is 1. The first kappa shape index (κ1) is 26.4. The summed E-state index contributed by atoms with van der Waals surface area (Å²) in [5, 5.41) is 10.0. The molecule has 4 heterocycles. The monoisotopic (exact) mass is 522 g/mol. The molecule has 2 aromatic rings. The zero-order chi connectivity index (χ0) is 26.6. The summed E-state index contributed by atoms with van der Waals surface area (Å²) in [6, 6.07) is 6.00. The summed E-state index contributed by atoms with van der Waals surface area (Å²) in [5.41, 5.74) is 4.33. The van der Waals surface area contributed by atoms with Crippen LogP contribution in [0.15, 0.2) is 30.9 Å². The topological polar surface area (TPSA) is 94.5 Å².